The third-order valence-electron chi connectivity index (χ3n) is 3.64. The van der Waals surface area contributed by atoms with Gasteiger partial charge in [-0.25, -0.2) is 4.79 Å². The van der Waals surface area contributed by atoms with E-state index in [1.807, 2.05) is 42.5 Å². The Morgan fingerprint density at radius 3 is 2.52 bits per heavy atom. The lowest BCUT2D eigenvalue weighted by Gasteiger charge is -2.10. The van der Waals surface area contributed by atoms with Gasteiger partial charge in [0, 0.05) is 12.1 Å². The smallest absolute Gasteiger partial charge is 0.339 e. The van der Waals surface area contributed by atoms with Crippen LogP contribution in [0.4, 0.5) is 0 Å². The molecule has 0 aliphatic rings. The number of hydrogen-bond acceptors (Lipinski definition) is 5. The quantitative estimate of drug-likeness (QED) is 0.337. The first kappa shape index (κ1) is 19.7. The number of para-hydroxylation sites is 1. The minimum Gasteiger partial charge on any atom is -0.496 e. The summed E-state index contributed by atoms with van der Waals surface area (Å²) in [5.41, 5.74) is 1.69. The Bertz CT molecular complexity index is 854. The Kier molecular flexibility index (Phi) is 7.61. The zero-order valence-electron chi connectivity index (χ0n) is 15.0. The van der Waals surface area contributed by atoms with Crippen LogP contribution in [-0.4, -0.2) is 32.1 Å². The van der Waals surface area contributed by atoms with Gasteiger partial charge in [-0.05, 0) is 17.7 Å². The third-order valence-corrected chi connectivity index (χ3v) is 3.64. The van der Waals surface area contributed by atoms with Crippen LogP contribution in [-0.2, 0) is 14.3 Å². The van der Waals surface area contributed by atoms with Crippen molar-refractivity contribution in [3.8, 4) is 11.8 Å². The Hall–Kier alpha value is -3.59. The van der Waals surface area contributed by atoms with E-state index >= 15 is 0 Å². The van der Waals surface area contributed by atoms with Crippen molar-refractivity contribution >= 4 is 23.5 Å². The fourth-order valence-corrected chi connectivity index (χ4v) is 2.34. The van der Waals surface area contributed by atoms with Gasteiger partial charge in [0.2, 0.25) is 0 Å². The number of nitrogens with one attached hydrogen (secondary N) is 1. The van der Waals surface area contributed by atoms with Crippen molar-refractivity contribution in [3.05, 3.63) is 65.7 Å². The number of carbonyl (C=O) groups excluding carboxylic acids is 2. The summed E-state index contributed by atoms with van der Waals surface area (Å²) in [5.74, 6) is -0.459. The monoisotopic (exact) mass is 364 g/mol. The molecule has 0 saturated heterocycles. The van der Waals surface area contributed by atoms with Crippen LogP contribution in [0.25, 0.3) is 11.6 Å². The molecule has 0 radical (unpaired) electrons. The van der Waals surface area contributed by atoms with Crippen molar-refractivity contribution in [2.24, 2.45) is 0 Å². The van der Waals surface area contributed by atoms with E-state index in [2.05, 4.69) is 5.32 Å². The minimum atomic E-state index is -0.623. The summed E-state index contributed by atoms with van der Waals surface area (Å²) in [7, 11) is 1.55. The third kappa shape index (κ3) is 6.01. The highest BCUT2D eigenvalue weighted by atomic mass is 16.5. The Morgan fingerprint density at radius 1 is 1.11 bits per heavy atom. The van der Waals surface area contributed by atoms with E-state index in [4.69, 9.17) is 14.7 Å². The van der Waals surface area contributed by atoms with Crippen LogP contribution in [0.3, 0.4) is 0 Å². The lowest BCUT2D eigenvalue weighted by Crippen LogP contribution is -2.29. The van der Waals surface area contributed by atoms with Crippen LogP contribution < -0.4 is 10.1 Å². The van der Waals surface area contributed by atoms with Gasteiger partial charge in [0.15, 0.2) is 6.61 Å². The molecule has 138 valence electrons. The molecule has 27 heavy (non-hydrogen) atoms. The van der Waals surface area contributed by atoms with E-state index in [1.165, 1.54) is 0 Å². The molecule has 0 spiro atoms. The van der Waals surface area contributed by atoms with Gasteiger partial charge >= 0.3 is 5.97 Å². The molecule has 0 fully saturated rings. The van der Waals surface area contributed by atoms with Gasteiger partial charge in [0.25, 0.3) is 5.91 Å². The summed E-state index contributed by atoms with van der Waals surface area (Å²) in [5, 5.41) is 11.0. The number of methoxy groups -OCH3 is 1. The van der Waals surface area contributed by atoms with Crippen molar-refractivity contribution in [2.75, 3.05) is 20.3 Å². The fourth-order valence-electron chi connectivity index (χ4n) is 2.34. The van der Waals surface area contributed by atoms with Crippen LogP contribution >= 0.6 is 0 Å². The van der Waals surface area contributed by atoms with Gasteiger partial charge < -0.3 is 14.8 Å². The van der Waals surface area contributed by atoms with Gasteiger partial charge in [0.05, 0.1) is 25.2 Å². The molecular weight excluding hydrogens is 344 g/mol. The highest BCUT2D eigenvalue weighted by Crippen LogP contribution is 2.25. The molecule has 6 heteroatoms. The number of esters is 1. The first-order valence-electron chi connectivity index (χ1n) is 8.36. The maximum atomic E-state index is 12.6. The average molecular weight is 364 g/mol. The Labute approximate surface area is 158 Å². The maximum absolute atomic E-state index is 12.6. The average Bonchev–Trinajstić information content (AvgIpc) is 2.71. The number of hydrogen-bond donors (Lipinski definition) is 1. The lowest BCUT2D eigenvalue weighted by molar-refractivity contribution is -0.142. The minimum absolute atomic E-state index is 0.197. The molecule has 0 unspecified atom stereocenters. The van der Waals surface area contributed by atoms with Gasteiger partial charge in [-0.1, -0.05) is 48.5 Å². The van der Waals surface area contributed by atoms with E-state index in [0.29, 0.717) is 22.4 Å². The first-order valence-corrected chi connectivity index (χ1v) is 8.36. The molecule has 2 aromatic carbocycles. The highest BCUT2D eigenvalue weighted by molar-refractivity contribution is 6.22. The highest BCUT2D eigenvalue weighted by Gasteiger charge is 2.16. The van der Waals surface area contributed by atoms with Crippen LogP contribution in [0, 0.1) is 11.3 Å². The molecule has 0 aromatic heterocycles. The van der Waals surface area contributed by atoms with Gasteiger partial charge in [-0.15, -0.1) is 0 Å². The van der Waals surface area contributed by atoms with Gasteiger partial charge in [-0.2, -0.15) is 5.26 Å². The largest absolute Gasteiger partial charge is 0.496 e. The number of benzene rings is 2. The van der Waals surface area contributed by atoms with E-state index in [1.54, 1.807) is 31.4 Å². The van der Waals surface area contributed by atoms with E-state index < -0.39 is 18.5 Å². The molecular formula is C21H20N2O4. The fraction of sp³-hybridized carbons (Fsp3) is 0.190. The molecule has 0 aliphatic heterocycles. The summed E-state index contributed by atoms with van der Waals surface area (Å²) in [6.45, 7) is -0.199. The SMILES string of the molecule is COc1ccccc1/C=C(/C(=O)OCC(=O)NCCC#N)c1ccccc1. The maximum Gasteiger partial charge on any atom is 0.339 e. The molecule has 0 saturated carbocycles. The number of nitriles is 1. The van der Waals surface area contributed by atoms with Gasteiger partial charge in [0.1, 0.15) is 5.75 Å². The molecule has 1 N–H and O–H groups in total. The number of nitrogens with zero attached hydrogens (tertiary/aromatic N) is 1. The van der Waals surface area contributed by atoms with Crippen molar-refractivity contribution in [2.45, 2.75) is 6.42 Å². The van der Waals surface area contributed by atoms with E-state index in [-0.39, 0.29) is 13.0 Å². The molecule has 1 amide bonds. The zero-order valence-corrected chi connectivity index (χ0v) is 15.0. The summed E-state index contributed by atoms with van der Waals surface area (Å²) >= 11 is 0. The molecule has 0 atom stereocenters. The summed E-state index contributed by atoms with van der Waals surface area (Å²) in [6.07, 6.45) is 1.87. The normalized spacial score (nSPS) is 10.6. The number of ether oxygens (including phenoxy) is 2. The van der Waals surface area contributed by atoms with Crippen molar-refractivity contribution in [1.82, 2.24) is 5.32 Å². The Balaban J connectivity index is 2.21. The number of amides is 1. The summed E-state index contributed by atoms with van der Waals surface area (Å²) in [4.78, 5) is 24.3. The zero-order chi connectivity index (χ0) is 19.5. The molecule has 2 aromatic rings. The second-order valence-corrected chi connectivity index (χ2v) is 5.50. The first-order chi connectivity index (χ1) is 13.2. The molecule has 6 nitrogen and oxygen atoms in total. The van der Waals surface area contributed by atoms with Crippen molar-refractivity contribution < 1.29 is 19.1 Å². The van der Waals surface area contributed by atoms with Crippen molar-refractivity contribution in [1.29, 1.82) is 5.26 Å². The topological polar surface area (TPSA) is 88.4 Å². The number of rotatable bonds is 8. The Morgan fingerprint density at radius 2 is 1.81 bits per heavy atom. The standard InChI is InChI=1S/C21H20N2O4/c1-26-19-11-6-5-10-17(19)14-18(16-8-3-2-4-9-16)21(25)27-15-20(24)23-13-7-12-22/h2-6,8-11,14H,7,13,15H2,1H3,(H,23,24)/b18-14+. The van der Waals surface area contributed by atoms with Crippen LogP contribution in [0.15, 0.2) is 54.6 Å². The summed E-state index contributed by atoms with van der Waals surface area (Å²) in [6, 6.07) is 18.3. The molecule has 0 heterocycles. The second kappa shape index (κ2) is 10.4. The lowest BCUT2D eigenvalue weighted by atomic mass is 10.0. The van der Waals surface area contributed by atoms with Gasteiger partial charge in [-0.3, -0.25) is 4.79 Å². The van der Waals surface area contributed by atoms with Crippen LogP contribution in [0.5, 0.6) is 5.75 Å². The number of carbonyl (C=O) groups is 2. The summed E-state index contributed by atoms with van der Waals surface area (Å²) < 4.78 is 10.5. The predicted molar refractivity (Wildman–Crippen MR) is 102 cm³/mol. The predicted octanol–water partition coefficient (Wildman–Crippen LogP) is 2.81. The van der Waals surface area contributed by atoms with Crippen LogP contribution in [0.1, 0.15) is 17.5 Å². The van der Waals surface area contributed by atoms with Crippen LogP contribution in [0.2, 0.25) is 0 Å². The molecule has 0 aliphatic carbocycles. The van der Waals surface area contributed by atoms with E-state index in [9.17, 15) is 9.59 Å². The second-order valence-electron chi connectivity index (χ2n) is 5.50. The molecule has 2 rings (SSSR count). The van der Waals surface area contributed by atoms with E-state index in [0.717, 1.165) is 0 Å². The molecule has 0 bridgehead atoms. The van der Waals surface area contributed by atoms with Crippen molar-refractivity contribution in [3.63, 3.8) is 0 Å².